The first-order valence-electron chi connectivity index (χ1n) is 22.8. The zero-order valence-electron chi connectivity index (χ0n) is 38.2. The van der Waals surface area contributed by atoms with Gasteiger partial charge < -0.3 is 49.2 Å². The van der Waals surface area contributed by atoms with Crippen molar-refractivity contribution in [3.8, 4) is 39.5 Å². The number of H-pyrrole nitrogens is 2. The Hall–Kier alpha value is -7.10. The van der Waals surface area contributed by atoms with E-state index in [2.05, 4.69) is 85.8 Å². The van der Waals surface area contributed by atoms with Crippen LogP contribution in [0, 0.1) is 11.8 Å². The number of nitrogens with zero attached hydrogens (tertiary/aromatic N) is 5. The largest absolute Gasteiger partial charge is 0.472 e. The molecule has 2 fully saturated rings. The first-order chi connectivity index (χ1) is 31.9. The van der Waals surface area contributed by atoms with E-state index in [-0.39, 0.29) is 35.7 Å². The molecule has 3 aromatic carbocycles. The van der Waals surface area contributed by atoms with E-state index in [1.807, 2.05) is 49.8 Å². The number of carbonyl (C=O) groups excluding carboxylic acids is 4. The number of ether oxygens (including phenoxy) is 3. The van der Waals surface area contributed by atoms with Crippen molar-refractivity contribution in [2.45, 2.75) is 90.7 Å². The summed E-state index contributed by atoms with van der Waals surface area (Å²) in [5.74, 6) is 1.60. The van der Waals surface area contributed by atoms with Crippen molar-refractivity contribution >= 4 is 34.9 Å². The molecule has 4 amide bonds. The van der Waals surface area contributed by atoms with E-state index < -0.39 is 24.3 Å². The Bertz CT molecular complexity index is 2770. The molecule has 9 rings (SSSR count). The van der Waals surface area contributed by atoms with E-state index in [1.165, 1.54) is 25.3 Å². The van der Waals surface area contributed by atoms with E-state index >= 15 is 0 Å². The lowest BCUT2D eigenvalue weighted by atomic mass is 9.96. The second-order valence-electron chi connectivity index (χ2n) is 18.1. The minimum Gasteiger partial charge on any atom is -0.472 e. The normalized spacial score (nSPS) is 17.6. The number of fused-ring (bicyclic) bond motifs is 5. The Morgan fingerprint density at radius 2 is 1.29 bits per heavy atom. The summed E-state index contributed by atoms with van der Waals surface area (Å²) in [6.07, 6.45) is 6.24. The summed E-state index contributed by atoms with van der Waals surface area (Å²) in [5.41, 5.74) is 9.02. The van der Waals surface area contributed by atoms with E-state index in [4.69, 9.17) is 24.2 Å². The van der Waals surface area contributed by atoms with E-state index in [0.717, 1.165) is 76.1 Å². The molecule has 0 saturated carbocycles. The standard InChI is InChI=1S/C50H57N9O7/c1-28(2)42(55-49(62)64-5)47(60)57-20-10-14-39(57)45-51-25-36(53-45)31-17-19-38-34(23-31)35(22-30-12-8-7-9-13-30)44-33-18-16-32(24-41(33)66-27-59(38)44)37-26-52-46(54-37)40-15-11-21-58(40)48(61)43(29(3)4)56-50(63)65-6/h7-9,12-13,16-19,23-26,28-29,39-40,42-43H,10-11,14-15,20-22,27H2,1-6H3,(H,51,53)(H,52,54)(H,55,62)(H,56,63)/t39-,40-,42-,43-/m0/s1. The van der Waals surface area contributed by atoms with Crippen LogP contribution in [0.25, 0.3) is 44.7 Å². The number of imidazole rings is 2. The number of hydrogen-bond acceptors (Lipinski definition) is 9. The highest BCUT2D eigenvalue weighted by molar-refractivity contribution is 5.96. The van der Waals surface area contributed by atoms with Gasteiger partial charge in [0.15, 0.2) is 6.73 Å². The van der Waals surface area contributed by atoms with Gasteiger partial charge in [0.2, 0.25) is 11.8 Å². The molecule has 66 heavy (non-hydrogen) atoms. The number of alkyl carbamates (subject to hydrolysis) is 2. The maximum Gasteiger partial charge on any atom is 0.407 e. The molecule has 344 valence electrons. The van der Waals surface area contributed by atoms with Crippen LogP contribution < -0.4 is 15.4 Å². The molecule has 0 aliphatic carbocycles. The Balaban J connectivity index is 1.01. The van der Waals surface area contributed by atoms with Crippen LogP contribution in [0.1, 0.15) is 88.2 Å². The number of aromatic nitrogens is 5. The molecular weight excluding hydrogens is 839 g/mol. The smallest absolute Gasteiger partial charge is 0.407 e. The summed E-state index contributed by atoms with van der Waals surface area (Å²) in [6.45, 7) is 9.09. The highest BCUT2D eigenvalue weighted by atomic mass is 16.5. The zero-order valence-corrected chi connectivity index (χ0v) is 38.2. The molecule has 3 aliphatic heterocycles. The topological polar surface area (TPSA) is 189 Å². The second-order valence-corrected chi connectivity index (χ2v) is 18.1. The average Bonchev–Trinajstić information content (AvgIpc) is 4.19. The van der Waals surface area contributed by atoms with E-state index in [1.54, 1.807) is 6.20 Å². The number of benzene rings is 3. The lowest BCUT2D eigenvalue weighted by Gasteiger charge is -2.30. The second kappa shape index (κ2) is 18.4. The number of methoxy groups -OCH3 is 2. The van der Waals surface area contributed by atoms with Gasteiger partial charge in [0, 0.05) is 41.6 Å². The Morgan fingerprint density at radius 1 is 0.742 bits per heavy atom. The highest BCUT2D eigenvalue weighted by Crippen LogP contribution is 2.45. The number of aromatic amines is 2. The van der Waals surface area contributed by atoms with Crippen molar-refractivity contribution in [2.24, 2.45) is 11.8 Å². The lowest BCUT2D eigenvalue weighted by Crippen LogP contribution is -2.51. The third-order valence-electron chi connectivity index (χ3n) is 13.3. The van der Waals surface area contributed by atoms with Gasteiger partial charge in [-0.1, -0.05) is 70.2 Å². The Kier molecular flexibility index (Phi) is 12.3. The molecule has 3 aromatic heterocycles. The molecule has 0 unspecified atom stereocenters. The van der Waals surface area contributed by atoms with Crippen LogP contribution in [0.4, 0.5) is 9.59 Å². The van der Waals surface area contributed by atoms with Crippen LogP contribution in [0.2, 0.25) is 0 Å². The summed E-state index contributed by atoms with van der Waals surface area (Å²) in [5, 5.41) is 6.55. The third-order valence-corrected chi connectivity index (χ3v) is 13.3. The fourth-order valence-corrected chi connectivity index (χ4v) is 9.84. The molecule has 4 atom stereocenters. The minimum absolute atomic E-state index is 0.129. The maximum absolute atomic E-state index is 13.8. The fraction of sp³-hybridized carbons (Fsp3) is 0.400. The monoisotopic (exact) mass is 895 g/mol. The number of nitrogens with one attached hydrogen (secondary N) is 4. The van der Waals surface area contributed by atoms with Gasteiger partial charge in [-0.3, -0.25) is 9.59 Å². The summed E-state index contributed by atoms with van der Waals surface area (Å²) < 4.78 is 18.4. The molecule has 16 heteroatoms. The fourth-order valence-electron chi connectivity index (χ4n) is 9.84. The maximum atomic E-state index is 13.8. The zero-order chi connectivity index (χ0) is 46.2. The van der Waals surface area contributed by atoms with Gasteiger partial charge in [-0.2, -0.15) is 0 Å². The molecule has 3 aliphatic rings. The predicted octanol–water partition coefficient (Wildman–Crippen LogP) is 8.12. The van der Waals surface area contributed by atoms with Crippen LogP contribution in [-0.2, 0) is 32.2 Å². The number of rotatable bonds is 12. The summed E-state index contributed by atoms with van der Waals surface area (Å²) >= 11 is 0. The van der Waals surface area contributed by atoms with Crippen molar-refractivity contribution in [2.75, 3.05) is 27.3 Å². The minimum atomic E-state index is -0.716. The van der Waals surface area contributed by atoms with Gasteiger partial charge in [0.1, 0.15) is 29.5 Å². The average molecular weight is 896 g/mol. The van der Waals surface area contributed by atoms with Crippen molar-refractivity contribution in [3.05, 3.63) is 102 Å². The van der Waals surface area contributed by atoms with Crippen LogP contribution in [0.3, 0.4) is 0 Å². The highest BCUT2D eigenvalue weighted by Gasteiger charge is 2.39. The van der Waals surface area contributed by atoms with E-state index in [0.29, 0.717) is 37.9 Å². The molecular formula is C50H57N9O7. The number of hydrogen-bond donors (Lipinski definition) is 4. The first kappa shape index (κ1) is 44.1. The van der Waals surface area contributed by atoms with Gasteiger partial charge in [-0.05, 0) is 72.9 Å². The molecule has 0 radical (unpaired) electrons. The summed E-state index contributed by atoms with van der Waals surface area (Å²) in [6, 6.07) is 21.2. The lowest BCUT2D eigenvalue weighted by molar-refractivity contribution is -0.136. The van der Waals surface area contributed by atoms with Gasteiger partial charge in [0.25, 0.3) is 0 Å². The number of carbonyl (C=O) groups is 4. The molecule has 4 N–H and O–H groups in total. The van der Waals surface area contributed by atoms with Crippen molar-refractivity contribution in [1.82, 2.24) is 44.9 Å². The van der Waals surface area contributed by atoms with Crippen LogP contribution in [0.15, 0.2) is 79.1 Å². The third kappa shape index (κ3) is 8.35. The molecule has 0 spiro atoms. The molecule has 6 aromatic rings. The Morgan fingerprint density at radius 3 is 1.83 bits per heavy atom. The van der Waals surface area contributed by atoms with Crippen molar-refractivity contribution in [1.29, 1.82) is 0 Å². The van der Waals surface area contributed by atoms with E-state index in [9.17, 15) is 19.2 Å². The van der Waals surface area contributed by atoms with Gasteiger partial charge >= 0.3 is 12.2 Å². The molecule has 6 heterocycles. The van der Waals surface area contributed by atoms with Gasteiger partial charge in [-0.15, -0.1) is 0 Å². The SMILES string of the molecule is COC(=O)N[C@H](C(=O)N1CCC[C@H]1c1ncc(-c2ccc3c(c2)OCn2c-3c(Cc3ccccc3)c3cc(-c4cnc([C@@H]5CCCN5C(=O)[C@@H](NC(=O)OC)C(C)C)[nH]4)ccc32)[nH]1)C(C)C. The summed E-state index contributed by atoms with van der Waals surface area (Å²) in [7, 11) is 2.59. The number of likely N-dealkylation sites (tertiary alicyclic amines) is 2. The Labute approximate surface area is 383 Å². The predicted molar refractivity (Wildman–Crippen MR) is 248 cm³/mol. The van der Waals surface area contributed by atoms with Crippen molar-refractivity contribution in [3.63, 3.8) is 0 Å². The summed E-state index contributed by atoms with van der Waals surface area (Å²) in [4.78, 5) is 72.1. The van der Waals surface area contributed by atoms with Crippen LogP contribution in [0.5, 0.6) is 5.75 Å². The molecule has 16 nitrogen and oxygen atoms in total. The quantitative estimate of drug-likeness (QED) is 0.0941. The number of amides is 4. The molecule has 2 saturated heterocycles. The van der Waals surface area contributed by atoms with Gasteiger partial charge in [-0.25, -0.2) is 19.6 Å². The van der Waals surface area contributed by atoms with Crippen LogP contribution in [-0.4, -0.2) is 97.7 Å². The molecule has 0 bridgehead atoms. The van der Waals surface area contributed by atoms with Crippen molar-refractivity contribution < 1.29 is 33.4 Å². The first-order valence-corrected chi connectivity index (χ1v) is 22.8. The van der Waals surface area contributed by atoms with Gasteiger partial charge in [0.05, 0.1) is 61.3 Å². The van der Waals surface area contributed by atoms with Crippen LogP contribution >= 0.6 is 0 Å².